The SMILES string of the molecule is Cc1c(C(=O)O)ccn1CC(=O)NCc1ccccc1. The van der Waals surface area contributed by atoms with Crippen molar-refractivity contribution in [3.63, 3.8) is 0 Å². The van der Waals surface area contributed by atoms with E-state index < -0.39 is 5.97 Å². The van der Waals surface area contributed by atoms with Crippen LogP contribution in [0.5, 0.6) is 0 Å². The number of benzene rings is 1. The number of nitrogens with zero attached hydrogens (tertiary/aromatic N) is 1. The molecule has 0 saturated heterocycles. The van der Waals surface area contributed by atoms with E-state index in [-0.39, 0.29) is 18.0 Å². The lowest BCUT2D eigenvalue weighted by Crippen LogP contribution is -2.27. The Morgan fingerprint density at radius 1 is 1.20 bits per heavy atom. The predicted molar refractivity (Wildman–Crippen MR) is 74.4 cm³/mol. The first-order valence-electron chi connectivity index (χ1n) is 6.27. The molecule has 2 rings (SSSR count). The second-order valence-electron chi connectivity index (χ2n) is 4.51. The van der Waals surface area contributed by atoms with Crippen molar-refractivity contribution in [3.8, 4) is 0 Å². The number of carboxylic acid groups (broad SMARTS) is 1. The predicted octanol–water partition coefficient (Wildman–Crippen LogP) is 1.81. The fraction of sp³-hybridized carbons (Fsp3) is 0.200. The first kappa shape index (κ1) is 13.9. The summed E-state index contributed by atoms with van der Waals surface area (Å²) in [5.41, 5.74) is 1.82. The highest BCUT2D eigenvalue weighted by molar-refractivity contribution is 5.89. The molecule has 104 valence electrons. The summed E-state index contributed by atoms with van der Waals surface area (Å²) in [5, 5.41) is 11.8. The Morgan fingerprint density at radius 3 is 2.50 bits per heavy atom. The summed E-state index contributed by atoms with van der Waals surface area (Å²) in [5.74, 6) is -1.13. The van der Waals surface area contributed by atoms with Crippen molar-refractivity contribution in [2.45, 2.75) is 20.0 Å². The number of nitrogens with one attached hydrogen (secondary N) is 1. The summed E-state index contributed by atoms with van der Waals surface area (Å²) in [7, 11) is 0. The van der Waals surface area contributed by atoms with Gasteiger partial charge < -0.3 is 15.0 Å². The number of carbonyl (C=O) groups is 2. The van der Waals surface area contributed by atoms with Crippen LogP contribution in [0.25, 0.3) is 0 Å². The minimum Gasteiger partial charge on any atom is -0.478 e. The normalized spacial score (nSPS) is 10.2. The molecule has 0 aliphatic carbocycles. The molecule has 5 heteroatoms. The van der Waals surface area contributed by atoms with Gasteiger partial charge in [-0.1, -0.05) is 30.3 Å². The van der Waals surface area contributed by atoms with Crippen molar-refractivity contribution in [3.05, 3.63) is 59.4 Å². The average molecular weight is 272 g/mol. The van der Waals surface area contributed by atoms with Crippen molar-refractivity contribution < 1.29 is 14.7 Å². The van der Waals surface area contributed by atoms with E-state index in [0.717, 1.165) is 5.56 Å². The lowest BCUT2D eigenvalue weighted by atomic mass is 10.2. The number of aromatic carboxylic acids is 1. The first-order chi connectivity index (χ1) is 9.58. The van der Waals surface area contributed by atoms with Crippen LogP contribution in [0.3, 0.4) is 0 Å². The van der Waals surface area contributed by atoms with Crippen molar-refractivity contribution >= 4 is 11.9 Å². The molecule has 20 heavy (non-hydrogen) atoms. The summed E-state index contributed by atoms with van der Waals surface area (Å²) in [4.78, 5) is 22.8. The van der Waals surface area contributed by atoms with Gasteiger partial charge in [0.25, 0.3) is 0 Å². The van der Waals surface area contributed by atoms with Crippen molar-refractivity contribution in [1.82, 2.24) is 9.88 Å². The highest BCUT2D eigenvalue weighted by atomic mass is 16.4. The summed E-state index contributed by atoms with van der Waals surface area (Å²) in [6, 6.07) is 11.1. The lowest BCUT2D eigenvalue weighted by Gasteiger charge is -2.08. The smallest absolute Gasteiger partial charge is 0.337 e. The number of carbonyl (C=O) groups excluding carboxylic acids is 1. The van der Waals surface area contributed by atoms with E-state index >= 15 is 0 Å². The molecule has 2 N–H and O–H groups in total. The first-order valence-corrected chi connectivity index (χ1v) is 6.27. The van der Waals surface area contributed by atoms with Crippen LogP contribution < -0.4 is 5.32 Å². The van der Waals surface area contributed by atoms with Crippen LogP contribution in [0.15, 0.2) is 42.6 Å². The molecule has 0 fully saturated rings. The molecule has 0 bridgehead atoms. The number of hydrogen-bond acceptors (Lipinski definition) is 2. The van der Waals surface area contributed by atoms with Gasteiger partial charge in [0.2, 0.25) is 5.91 Å². The monoisotopic (exact) mass is 272 g/mol. The van der Waals surface area contributed by atoms with E-state index in [1.807, 2.05) is 30.3 Å². The average Bonchev–Trinajstić information content (AvgIpc) is 2.79. The van der Waals surface area contributed by atoms with Crippen molar-refractivity contribution in [1.29, 1.82) is 0 Å². The number of aromatic nitrogens is 1. The second-order valence-corrected chi connectivity index (χ2v) is 4.51. The van der Waals surface area contributed by atoms with Gasteiger partial charge in [-0.15, -0.1) is 0 Å². The molecule has 1 aromatic heterocycles. The molecular weight excluding hydrogens is 256 g/mol. The Kier molecular flexibility index (Phi) is 4.20. The van der Waals surface area contributed by atoms with Crippen LogP contribution in [-0.4, -0.2) is 21.6 Å². The molecular formula is C15H16N2O3. The molecule has 0 aliphatic rings. The summed E-state index contributed by atoms with van der Waals surface area (Å²) >= 11 is 0. The van der Waals surface area contributed by atoms with Gasteiger partial charge in [-0.3, -0.25) is 4.79 Å². The number of amides is 1. The minimum atomic E-state index is -0.981. The van der Waals surface area contributed by atoms with E-state index in [1.54, 1.807) is 17.7 Å². The third-order valence-corrected chi connectivity index (χ3v) is 3.12. The van der Waals surface area contributed by atoms with Crippen LogP contribution in [0.4, 0.5) is 0 Å². The van der Waals surface area contributed by atoms with Gasteiger partial charge in [-0.25, -0.2) is 4.79 Å². The standard InChI is InChI=1S/C15H16N2O3/c1-11-13(15(19)20)7-8-17(11)10-14(18)16-9-12-5-3-2-4-6-12/h2-8H,9-10H2,1H3,(H,16,18)(H,19,20). The molecule has 1 amide bonds. The third kappa shape index (κ3) is 3.26. The lowest BCUT2D eigenvalue weighted by molar-refractivity contribution is -0.121. The van der Waals surface area contributed by atoms with E-state index in [1.165, 1.54) is 6.07 Å². The Morgan fingerprint density at radius 2 is 1.90 bits per heavy atom. The molecule has 2 aromatic rings. The maximum Gasteiger partial charge on any atom is 0.337 e. The quantitative estimate of drug-likeness (QED) is 0.872. The zero-order valence-corrected chi connectivity index (χ0v) is 11.2. The largest absolute Gasteiger partial charge is 0.478 e. The minimum absolute atomic E-state index is 0.117. The topological polar surface area (TPSA) is 71.3 Å². The van der Waals surface area contributed by atoms with E-state index in [0.29, 0.717) is 12.2 Å². The molecule has 1 heterocycles. The van der Waals surface area contributed by atoms with Gasteiger partial charge in [0.15, 0.2) is 0 Å². The number of carboxylic acids is 1. The third-order valence-electron chi connectivity index (χ3n) is 3.12. The zero-order chi connectivity index (χ0) is 14.5. The van der Waals surface area contributed by atoms with Crippen LogP contribution in [0.1, 0.15) is 21.6 Å². The highest BCUT2D eigenvalue weighted by Crippen LogP contribution is 2.09. The maximum atomic E-state index is 11.8. The van der Waals surface area contributed by atoms with Gasteiger partial charge >= 0.3 is 5.97 Å². The summed E-state index contributed by atoms with van der Waals surface area (Å²) in [6.07, 6.45) is 1.61. The van der Waals surface area contributed by atoms with Crippen molar-refractivity contribution in [2.75, 3.05) is 0 Å². The van der Waals surface area contributed by atoms with E-state index in [4.69, 9.17) is 5.11 Å². The molecule has 0 aliphatic heterocycles. The van der Waals surface area contributed by atoms with Crippen LogP contribution in [0.2, 0.25) is 0 Å². The van der Waals surface area contributed by atoms with Gasteiger partial charge in [0.05, 0.1) is 5.56 Å². The highest BCUT2D eigenvalue weighted by Gasteiger charge is 2.12. The fourth-order valence-corrected chi connectivity index (χ4v) is 1.96. The Balaban J connectivity index is 1.93. The van der Waals surface area contributed by atoms with Crippen molar-refractivity contribution in [2.24, 2.45) is 0 Å². The molecule has 1 aromatic carbocycles. The molecule has 0 unspecified atom stereocenters. The van der Waals surface area contributed by atoms with Gasteiger partial charge in [-0.05, 0) is 18.6 Å². The molecule has 0 spiro atoms. The molecule has 5 nitrogen and oxygen atoms in total. The molecule has 0 radical (unpaired) electrons. The number of hydrogen-bond donors (Lipinski definition) is 2. The maximum absolute atomic E-state index is 11.8. The summed E-state index contributed by atoms with van der Waals surface area (Å²) in [6.45, 7) is 2.27. The Labute approximate surface area is 116 Å². The van der Waals surface area contributed by atoms with Crippen LogP contribution in [-0.2, 0) is 17.9 Å². The summed E-state index contributed by atoms with van der Waals surface area (Å²) < 4.78 is 1.63. The number of rotatable bonds is 5. The van der Waals surface area contributed by atoms with Gasteiger partial charge in [-0.2, -0.15) is 0 Å². The van der Waals surface area contributed by atoms with Crippen LogP contribution >= 0.6 is 0 Å². The zero-order valence-electron chi connectivity index (χ0n) is 11.2. The van der Waals surface area contributed by atoms with Gasteiger partial charge in [0.1, 0.15) is 6.54 Å². The second kappa shape index (κ2) is 6.06. The van der Waals surface area contributed by atoms with Gasteiger partial charge in [0, 0.05) is 18.4 Å². The molecule has 0 saturated carbocycles. The fourth-order valence-electron chi connectivity index (χ4n) is 1.96. The Bertz CT molecular complexity index is 617. The van der Waals surface area contributed by atoms with E-state index in [9.17, 15) is 9.59 Å². The molecule has 0 atom stereocenters. The van der Waals surface area contributed by atoms with Crippen LogP contribution in [0, 0.1) is 6.92 Å². The Hall–Kier alpha value is -2.56. The van der Waals surface area contributed by atoms with E-state index in [2.05, 4.69) is 5.32 Å².